The second-order valence-electron chi connectivity index (χ2n) is 5.46. The summed E-state index contributed by atoms with van der Waals surface area (Å²) in [5.41, 5.74) is 2.62. The van der Waals surface area contributed by atoms with E-state index in [0.717, 1.165) is 11.1 Å². The van der Waals surface area contributed by atoms with Gasteiger partial charge in [0.2, 0.25) is 5.89 Å². The van der Waals surface area contributed by atoms with E-state index in [1.807, 2.05) is 31.2 Å². The van der Waals surface area contributed by atoms with Crippen molar-refractivity contribution in [1.82, 2.24) is 10.2 Å². The Morgan fingerprint density at radius 1 is 1.12 bits per heavy atom. The number of ether oxygens (including phenoxy) is 1. The lowest BCUT2D eigenvalue weighted by atomic mass is 10.1. The van der Waals surface area contributed by atoms with Crippen molar-refractivity contribution in [3.05, 3.63) is 69.5 Å². The third kappa shape index (κ3) is 4.59. The molecule has 25 heavy (non-hydrogen) atoms. The first-order valence-corrected chi connectivity index (χ1v) is 8.26. The summed E-state index contributed by atoms with van der Waals surface area (Å²) < 4.78 is 10.7. The van der Waals surface area contributed by atoms with Gasteiger partial charge in [-0.05, 0) is 36.8 Å². The van der Waals surface area contributed by atoms with E-state index in [4.69, 9.17) is 32.4 Å². The Kier molecular flexibility index (Phi) is 5.36. The van der Waals surface area contributed by atoms with Gasteiger partial charge in [0.05, 0.1) is 16.5 Å². The molecule has 0 saturated heterocycles. The van der Waals surface area contributed by atoms with E-state index in [1.54, 1.807) is 18.2 Å². The largest absolute Gasteiger partial charge is 0.455 e. The Labute approximate surface area is 154 Å². The fourth-order valence-electron chi connectivity index (χ4n) is 2.22. The van der Waals surface area contributed by atoms with E-state index in [1.165, 1.54) is 0 Å². The number of carbonyl (C=O) groups excluding carboxylic acids is 1. The van der Waals surface area contributed by atoms with Gasteiger partial charge in [-0.15, -0.1) is 10.2 Å². The van der Waals surface area contributed by atoms with E-state index in [9.17, 15) is 4.79 Å². The number of halogens is 2. The van der Waals surface area contributed by atoms with E-state index in [2.05, 4.69) is 10.2 Å². The zero-order valence-corrected chi connectivity index (χ0v) is 14.8. The van der Waals surface area contributed by atoms with Crippen LogP contribution < -0.4 is 0 Å². The molecule has 0 atom stereocenters. The van der Waals surface area contributed by atoms with Crippen molar-refractivity contribution in [1.29, 1.82) is 0 Å². The van der Waals surface area contributed by atoms with Gasteiger partial charge in [-0.3, -0.25) is 4.79 Å². The summed E-state index contributed by atoms with van der Waals surface area (Å²) in [4.78, 5) is 11.9. The summed E-state index contributed by atoms with van der Waals surface area (Å²) in [6, 6.07) is 12.7. The zero-order chi connectivity index (χ0) is 17.8. The highest BCUT2D eigenvalue weighted by molar-refractivity contribution is 6.42. The number of hydrogen-bond donors (Lipinski definition) is 0. The van der Waals surface area contributed by atoms with Crippen LogP contribution in [-0.2, 0) is 22.6 Å². The van der Waals surface area contributed by atoms with Crippen LogP contribution in [0.3, 0.4) is 0 Å². The highest BCUT2D eigenvalue weighted by Crippen LogP contribution is 2.23. The van der Waals surface area contributed by atoms with Crippen LogP contribution in [0, 0.1) is 6.92 Å². The highest BCUT2D eigenvalue weighted by Gasteiger charge is 2.12. The number of nitrogens with zero attached hydrogens (tertiary/aromatic N) is 2. The van der Waals surface area contributed by atoms with E-state index < -0.39 is 5.97 Å². The molecule has 0 bridgehead atoms. The number of esters is 1. The van der Waals surface area contributed by atoms with Crippen molar-refractivity contribution >= 4 is 29.2 Å². The lowest BCUT2D eigenvalue weighted by Gasteiger charge is -2.03. The van der Waals surface area contributed by atoms with E-state index >= 15 is 0 Å². The third-order valence-electron chi connectivity index (χ3n) is 3.42. The van der Waals surface area contributed by atoms with Crippen molar-refractivity contribution < 1.29 is 13.9 Å². The molecule has 0 unspecified atom stereocenters. The molecular formula is C18H14Cl2N2O3. The summed E-state index contributed by atoms with van der Waals surface area (Å²) in [6.07, 6.45) is 0.0791. The van der Waals surface area contributed by atoms with Gasteiger partial charge in [0.1, 0.15) is 0 Å². The van der Waals surface area contributed by atoms with Crippen LogP contribution in [0.1, 0.15) is 17.0 Å². The molecule has 0 aliphatic carbocycles. The minimum absolute atomic E-state index is 0.0791. The van der Waals surface area contributed by atoms with E-state index in [0.29, 0.717) is 21.5 Å². The predicted molar refractivity (Wildman–Crippen MR) is 94.4 cm³/mol. The van der Waals surface area contributed by atoms with Gasteiger partial charge in [0.25, 0.3) is 5.89 Å². The molecule has 0 aliphatic rings. The molecule has 1 heterocycles. The van der Waals surface area contributed by atoms with Crippen molar-refractivity contribution in [3.63, 3.8) is 0 Å². The number of benzene rings is 2. The Bertz CT molecular complexity index is 909. The minimum atomic E-state index is -0.423. The standard InChI is InChI=1S/C18H14Cl2N2O3/c1-11-3-2-4-13(7-11)18-22-21-16(25-18)10-24-17(23)9-12-5-6-14(19)15(20)8-12/h2-8H,9-10H2,1H3. The molecule has 0 fully saturated rings. The molecule has 2 aromatic carbocycles. The van der Waals surface area contributed by atoms with Gasteiger partial charge in [0, 0.05) is 5.56 Å². The van der Waals surface area contributed by atoms with Crippen LogP contribution in [0.2, 0.25) is 10.0 Å². The monoisotopic (exact) mass is 376 g/mol. The molecular weight excluding hydrogens is 363 g/mol. The fraction of sp³-hybridized carbons (Fsp3) is 0.167. The van der Waals surface area contributed by atoms with Gasteiger partial charge in [-0.2, -0.15) is 0 Å². The number of aromatic nitrogens is 2. The second-order valence-corrected chi connectivity index (χ2v) is 6.27. The van der Waals surface area contributed by atoms with Gasteiger partial charge < -0.3 is 9.15 Å². The second kappa shape index (κ2) is 7.68. The van der Waals surface area contributed by atoms with Gasteiger partial charge in [-0.1, -0.05) is 47.0 Å². The number of carbonyl (C=O) groups is 1. The maximum Gasteiger partial charge on any atom is 0.310 e. The Morgan fingerprint density at radius 3 is 2.72 bits per heavy atom. The van der Waals surface area contributed by atoms with Crippen LogP contribution in [0.25, 0.3) is 11.5 Å². The molecule has 0 N–H and O–H groups in total. The van der Waals surface area contributed by atoms with Crippen LogP contribution >= 0.6 is 23.2 Å². The van der Waals surface area contributed by atoms with Crippen molar-refractivity contribution in [2.45, 2.75) is 20.0 Å². The van der Waals surface area contributed by atoms with Crippen LogP contribution in [0.5, 0.6) is 0 Å². The number of rotatable bonds is 5. The van der Waals surface area contributed by atoms with Gasteiger partial charge in [-0.25, -0.2) is 0 Å². The van der Waals surface area contributed by atoms with Crippen LogP contribution in [-0.4, -0.2) is 16.2 Å². The average molecular weight is 377 g/mol. The first-order valence-electron chi connectivity index (χ1n) is 7.50. The third-order valence-corrected chi connectivity index (χ3v) is 4.16. The topological polar surface area (TPSA) is 65.2 Å². The first-order chi connectivity index (χ1) is 12.0. The molecule has 0 aliphatic heterocycles. The summed E-state index contributed by atoms with van der Waals surface area (Å²) in [6.45, 7) is 1.89. The minimum Gasteiger partial charge on any atom is -0.455 e. The zero-order valence-electron chi connectivity index (χ0n) is 13.3. The van der Waals surface area contributed by atoms with Gasteiger partial charge in [0.15, 0.2) is 6.61 Å². The average Bonchev–Trinajstić information content (AvgIpc) is 3.05. The summed E-state index contributed by atoms with van der Waals surface area (Å²) >= 11 is 11.8. The molecule has 0 saturated carbocycles. The van der Waals surface area contributed by atoms with E-state index in [-0.39, 0.29) is 18.9 Å². The van der Waals surface area contributed by atoms with Crippen LogP contribution in [0.4, 0.5) is 0 Å². The molecule has 7 heteroatoms. The smallest absolute Gasteiger partial charge is 0.310 e. The Hall–Kier alpha value is -2.37. The predicted octanol–water partition coefficient (Wildman–Crippen LogP) is 4.64. The summed E-state index contributed by atoms with van der Waals surface area (Å²) in [5.74, 6) is 0.201. The quantitative estimate of drug-likeness (QED) is 0.606. The molecule has 128 valence electrons. The van der Waals surface area contributed by atoms with Crippen molar-refractivity contribution in [3.8, 4) is 11.5 Å². The summed E-state index contributed by atoms with van der Waals surface area (Å²) in [7, 11) is 0. The maximum absolute atomic E-state index is 11.9. The van der Waals surface area contributed by atoms with Crippen LogP contribution in [0.15, 0.2) is 46.9 Å². The normalized spacial score (nSPS) is 10.7. The summed E-state index contributed by atoms with van der Waals surface area (Å²) in [5, 5.41) is 8.70. The maximum atomic E-state index is 11.9. The SMILES string of the molecule is Cc1cccc(-c2nnc(COC(=O)Cc3ccc(Cl)c(Cl)c3)o2)c1. The molecule has 0 spiro atoms. The molecule has 1 aromatic heterocycles. The molecule has 0 radical (unpaired) electrons. The van der Waals surface area contributed by atoms with Crippen molar-refractivity contribution in [2.75, 3.05) is 0 Å². The molecule has 3 rings (SSSR count). The molecule has 3 aromatic rings. The molecule has 0 amide bonds. The Morgan fingerprint density at radius 2 is 1.96 bits per heavy atom. The number of aryl methyl sites for hydroxylation is 1. The Balaban J connectivity index is 1.58. The lowest BCUT2D eigenvalue weighted by Crippen LogP contribution is -2.08. The number of hydrogen-bond acceptors (Lipinski definition) is 5. The fourth-order valence-corrected chi connectivity index (χ4v) is 2.54. The first kappa shape index (κ1) is 17.5. The molecule has 5 nitrogen and oxygen atoms in total. The lowest BCUT2D eigenvalue weighted by molar-refractivity contribution is -0.144. The van der Waals surface area contributed by atoms with Crippen molar-refractivity contribution in [2.24, 2.45) is 0 Å². The highest BCUT2D eigenvalue weighted by atomic mass is 35.5. The van der Waals surface area contributed by atoms with Gasteiger partial charge >= 0.3 is 5.97 Å².